The van der Waals surface area contributed by atoms with Crippen LogP contribution in [-0.2, 0) is 14.2 Å². The smallest absolute Gasteiger partial charge is 0.153 e. The topological polar surface area (TPSA) is 27.7 Å². The minimum absolute atomic E-state index is 0.350. The molecule has 3 nitrogen and oxygen atoms in total. The molecule has 0 amide bonds. The molecule has 0 aromatic carbocycles. The van der Waals surface area contributed by atoms with E-state index >= 15 is 0 Å². The highest BCUT2D eigenvalue weighted by atomic mass is 35.5. The van der Waals surface area contributed by atoms with Crippen LogP contribution < -0.4 is 0 Å². The predicted octanol–water partition coefficient (Wildman–Crippen LogP) is 0.861. The van der Waals surface area contributed by atoms with Crippen molar-refractivity contribution in [1.29, 1.82) is 0 Å². The van der Waals surface area contributed by atoms with E-state index in [1.807, 2.05) is 0 Å². The maximum absolute atomic E-state index is 5.56. The SMILES string of the molecule is COCCOCC(Cl)OC. The third-order valence-corrected chi connectivity index (χ3v) is 1.24. The van der Waals surface area contributed by atoms with Gasteiger partial charge < -0.3 is 14.2 Å². The number of hydrogen-bond acceptors (Lipinski definition) is 3. The van der Waals surface area contributed by atoms with Gasteiger partial charge in [0.1, 0.15) is 0 Å². The molecule has 0 saturated carbocycles. The minimum Gasteiger partial charge on any atom is -0.382 e. The first-order chi connectivity index (χ1) is 4.81. The zero-order valence-corrected chi connectivity index (χ0v) is 7.06. The van der Waals surface area contributed by atoms with Gasteiger partial charge in [-0.2, -0.15) is 0 Å². The monoisotopic (exact) mass is 168 g/mol. The third-order valence-electron chi connectivity index (χ3n) is 0.936. The van der Waals surface area contributed by atoms with Gasteiger partial charge in [0.2, 0.25) is 0 Å². The lowest BCUT2D eigenvalue weighted by atomic mass is 10.7. The van der Waals surface area contributed by atoms with Crippen molar-refractivity contribution in [1.82, 2.24) is 0 Å². The molecule has 4 heteroatoms. The first kappa shape index (κ1) is 10.2. The Bertz CT molecular complexity index is 70.0. The zero-order chi connectivity index (χ0) is 7.82. The van der Waals surface area contributed by atoms with E-state index in [1.165, 1.54) is 7.11 Å². The molecule has 0 N–H and O–H groups in total. The van der Waals surface area contributed by atoms with E-state index in [1.54, 1.807) is 7.11 Å². The molecule has 0 radical (unpaired) electrons. The van der Waals surface area contributed by atoms with E-state index in [4.69, 9.17) is 25.8 Å². The Balaban J connectivity index is 2.89. The Hall–Kier alpha value is 0.170. The van der Waals surface area contributed by atoms with Crippen LogP contribution >= 0.6 is 11.6 Å². The summed E-state index contributed by atoms with van der Waals surface area (Å²) in [5.74, 6) is 0. The van der Waals surface area contributed by atoms with E-state index in [0.717, 1.165) is 0 Å². The van der Waals surface area contributed by atoms with Crippen LogP contribution in [0.1, 0.15) is 0 Å². The van der Waals surface area contributed by atoms with Gasteiger partial charge in [-0.25, -0.2) is 0 Å². The molecular formula is C6H13ClO3. The summed E-state index contributed by atoms with van der Waals surface area (Å²) in [7, 11) is 3.16. The van der Waals surface area contributed by atoms with Gasteiger partial charge in [-0.15, -0.1) is 0 Å². The minimum atomic E-state index is -0.350. The van der Waals surface area contributed by atoms with Gasteiger partial charge >= 0.3 is 0 Å². The van der Waals surface area contributed by atoms with Crippen LogP contribution in [0, 0.1) is 0 Å². The molecule has 0 saturated heterocycles. The largest absolute Gasteiger partial charge is 0.382 e. The molecule has 0 rings (SSSR count). The van der Waals surface area contributed by atoms with Crippen LogP contribution in [0.3, 0.4) is 0 Å². The van der Waals surface area contributed by atoms with Gasteiger partial charge in [0.15, 0.2) is 5.56 Å². The molecule has 0 aliphatic heterocycles. The number of ether oxygens (including phenoxy) is 3. The Kier molecular flexibility index (Phi) is 7.40. The molecule has 62 valence electrons. The fourth-order valence-electron chi connectivity index (χ4n) is 0.386. The third kappa shape index (κ3) is 6.29. The van der Waals surface area contributed by atoms with Gasteiger partial charge in [0.05, 0.1) is 19.8 Å². The number of methoxy groups -OCH3 is 2. The van der Waals surface area contributed by atoms with Gasteiger partial charge in [-0.3, -0.25) is 0 Å². The second-order valence-electron chi connectivity index (χ2n) is 1.71. The molecule has 1 atom stereocenters. The summed E-state index contributed by atoms with van der Waals surface area (Å²) in [6.45, 7) is 1.55. The standard InChI is InChI=1S/C6H13ClO3/c1-8-3-4-10-5-6(7)9-2/h6H,3-5H2,1-2H3. The number of halogens is 1. The maximum Gasteiger partial charge on any atom is 0.153 e. The fourth-order valence-corrected chi connectivity index (χ4v) is 0.475. The molecule has 0 aliphatic carbocycles. The van der Waals surface area contributed by atoms with E-state index < -0.39 is 0 Å². The fraction of sp³-hybridized carbons (Fsp3) is 1.00. The Morgan fingerprint density at radius 1 is 1.30 bits per heavy atom. The van der Waals surface area contributed by atoms with Crippen molar-refractivity contribution in [3.05, 3.63) is 0 Å². The summed E-state index contributed by atoms with van der Waals surface area (Å²) in [5.41, 5.74) is -0.350. The Morgan fingerprint density at radius 3 is 2.50 bits per heavy atom. The Labute approximate surface area is 66.2 Å². The zero-order valence-electron chi connectivity index (χ0n) is 6.30. The van der Waals surface area contributed by atoms with Crippen LogP contribution in [0.15, 0.2) is 0 Å². The lowest BCUT2D eigenvalue weighted by Gasteiger charge is -2.06. The van der Waals surface area contributed by atoms with E-state index in [9.17, 15) is 0 Å². The Morgan fingerprint density at radius 2 is 2.00 bits per heavy atom. The summed E-state index contributed by atoms with van der Waals surface area (Å²) >= 11 is 5.56. The predicted molar refractivity (Wildman–Crippen MR) is 39.3 cm³/mol. The van der Waals surface area contributed by atoms with Gasteiger partial charge in [-0.1, -0.05) is 11.6 Å². The molecular weight excluding hydrogens is 156 g/mol. The van der Waals surface area contributed by atoms with Crippen LogP contribution in [0.25, 0.3) is 0 Å². The average Bonchev–Trinajstić information content (AvgIpc) is 1.98. The van der Waals surface area contributed by atoms with Gasteiger partial charge in [0, 0.05) is 14.2 Å². The lowest BCUT2D eigenvalue weighted by Crippen LogP contribution is -2.13. The molecule has 0 bridgehead atoms. The van der Waals surface area contributed by atoms with E-state index in [2.05, 4.69) is 0 Å². The second kappa shape index (κ2) is 7.28. The summed E-state index contributed by atoms with van der Waals surface area (Å²) in [5, 5.41) is 0. The van der Waals surface area contributed by atoms with E-state index in [0.29, 0.717) is 19.8 Å². The molecule has 0 aliphatic rings. The first-order valence-corrected chi connectivity index (χ1v) is 3.48. The molecule has 0 aromatic rings. The molecule has 1 unspecified atom stereocenters. The molecule has 0 fully saturated rings. The molecule has 0 aromatic heterocycles. The van der Waals surface area contributed by atoms with Crippen molar-refractivity contribution in [2.24, 2.45) is 0 Å². The van der Waals surface area contributed by atoms with Crippen LogP contribution in [0.2, 0.25) is 0 Å². The number of hydrogen-bond donors (Lipinski definition) is 0. The van der Waals surface area contributed by atoms with Crippen molar-refractivity contribution in [2.45, 2.75) is 5.56 Å². The van der Waals surface area contributed by atoms with Crippen molar-refractivity contribution in [3.63, 3.8) is 0 Å². The summed E-state index contributed by atoms with van der Waals surface area (Å²) < 4.78 is 14.5. The van der Waals surface area contributed by atoms with Gasteiger partial charge in [-0.05, 0) is 0 Å². The molecule has 10 heavy (non-hydrogen) atoms. The average molecular weight is 169 g/mol. The maximum atomic E-state index is 5.56. The van der Waals surface area contributed by atoms with Gasteiger partial charge in [0.25, 0.3) is 0 Å². The van der Waals surface area contributed by atoms with E-state index in [-0.39, 0.29) is 5.56 Å². The quantitative estimate of drug-likeness (QED) is 0.435. The summed E-state index contributed by atoms with van der Waals surface area (Å²) in [6.07, 6.45) is 0. The second-order valence-corrected chi connectivity index (χ2v) is 2.20. The van der Waals surface area contributed by atoms with Crippen LogP contribution in [-0.4, -0.2) is 39.6 Å². The molecule has 0 heterocycles. The van der Waals surface area contributed by atoms with Crippen molar-refractivity contribution in [3.8, 4) is 0 Å². The van der Waals surface area contributed by atoms with Crippen molar-refractivity contribution in [2.75, 3.05) is 34.0 Å². The summed E-state index contributed by atoms with van der Waals surface area (Å²) in [6, 6.07) is 0. The number of rotatable bonds is 6. The van der Waals surface area contributed by atoms with Crippen LogP contribution in [0.5, 0.6) is 0 Å². The highest BCUT2D eigenvalue weighted by Crippen LogP contribution is 1.95. The number of alkyl halides is 1. The van der Waals surface area contributed by atoms with Crippen molar-refractivity contribution >= 4 is 11.6 Å². The normalized spacial score (nSPS) is 13.5. The highest BCUT2D eigenvalue weighted by Gasteiger charge is 1.99. The van der Waals surface area contributed by atoms with Crippen molar-refractivity contribution < 1.29 is 14.2 Å². The highest BCUT2D eigenvalue weighted by molar-refractivity contribution is 6.19. The molecule has 0 spiro atoms. The summed E-state index contributed by atoms with van der Waals surface area (Å²) in [4.78, 5) is 0. The van der Waals surface area contributed by atoms with Crippen LogP contribution in [0.4, 0.5) is 0 Å². The first-order valence-electron chi connectivity index (χ1n) is 3.04. The lowest BCUT2D eigenvalue weighted by molar-refractivity contribution is 0.0242.